The SMILES string of the molecule is CC(CC1=Cc2ccc(Cl)cc2S1(=O)=O)C(=O)O. The average molecular weight is 287 g/mol. The maximum atomic E-state index is 12.2. The lowest BCUT2D eigenvalue weighted by Gasteiger charge is -2.07. The molecular weight excluding hydrogens is 276 g/mol. The van der Waals surface area contributed by atoms with Crippen molar-refractivity contribution in [3.8, 4) is 0 Å². The van der Waals surface area contributed by atoms with Gasteiger partial charge in [-0.2, -0.15) is 0 Å². The number of hydrogen-bond acceptors (Lipinski definition) is 3. The topological polar surface area (TPSA) is 71.4 Å². The zero-order valence-corrected chi connectivity index (χ0v) is 11.1. The van der Waals surface area contributed by atoms with Gasteiger partial charge in [0.15, 0.2) is 0 Å². The highest BCUT2D eigenvalue weighted by Crippen LogP contribution is 2.37. The number of aliphatic carboxylic acids is 1. The third-order valence-electron chi connectivity index (χ3n) is 2.86. The van der Waals surface area contributed by atoms with Gasteiger partial charge in [-0.3, -0.25) is 4.79 Å². The van der Waals surface area contributed by atoms with Crippen LogP contribution in [-0.2, 0) is 14.6 Å². The lowest BCUT2D eigenvalue weighted by atomic mass is 10.1. The van der Waals surface area contributed by atoms with Crippen LogP contribution in [0, 0.1) is 5.92 Å². The second-order valence-electron chi connectivity index (χ2n) is 4.24. The van der Waals surface area contributed by atoms with Gasteiger partial charge in [-0.05, 0) is 30.2 Å². The molecule has 0 aromatic heterocycles. The molecule has 0 bridgehead atoms. The van der Waals surface area contributed by atoms with Gasteiger partial charge in [0.25, 0.3) is 0 Å². The van der Waals surface area contributed by atoms with Crippen LogP contribution < -0.4 is 0 Å². The molecule has 0 saturated heterocycles. The fraction of sp³-hybridized carbons (Fsp3) is 0.250. The number of rotatable bonds is 3. The van der Waals surface area contributed by atoms with E-state index >= 15 is 0 Å². The van der Waals surface area contributed by atoms with Crippen molar-refractivity contribution in [1.29, 1.82) is 0 Å². The van der Waals surface area contributed by atoms with Crippen molar-refractivity contribution in [2.45, 2.75) is 18.2 Å². The van der Waals surface area contributed by atoms with Gasteiger partial charge in [0.2, 0.25) is 9.84 Å². The van der Waals surface area contributed by atoms with Crippen molar-refractivity contribution < 1.29 is 18.3 Å². The zero-order valence-electron chi connectivity index (χ0n) is 9.55. The van der Waals surface area contributed by atoms with Crippen LogP contribution >= 0.6 is 11.6 Å². The summed E-state index contributed by atoms with van der Waals surface area (Å²) < 4.78 is 24.3. The Labute approximate surface area is 110 Å². The van der Waals surface area contributed by atoms with Crippen molar-refractivity contribution in [2.75, 3.05) is 0 Å². The number of carboxylic acids is 1. The Morgan fingerprint density at radius 1 is 1.44 bits per heavy atom. The largest absolute Gasteiger partial charge is 0.481 e. The van der Waals surface area contributed by atoms with Gasteiger partial charge in [-0.15, -0.1) is 0 Å². The number of carbonyl (C=O) groups is 1. The molecule has 0 saturated carbocycles. The summed E-state index contributed by atoms with van der Waals surface area (Å²) in [6.07, 6.45) is 1.50. The molecule has 0 aliphatic carbocycles. The molecule has 1 aliphatic heterocycles. The van der Waals surface area contributed by atoms with Gasteiger partial charge < -0.3 is 5.11 Å². The molecule has 1 unspecified atom stereocenters. The van der Waals surface area contributed by atoms with Crippen molar-refractivity contribution in [1.82, 2.24) is 0 Å². The number of fused-ring (bicyclic) bond motifs is 1. The highest BCUT2D eigenvalue weighted by atomic mass is 35.5. The quantitative estimate of drug-likeness (QED) is 0.927. The van der Waals surface area contributed by atoms with E-state index in [4.69, 9.17) is 16.7 Å². The first kappa shape index (κ1) is 13.1. The minimum absolute atomic E-state index is 0.00995. The van der Waals surface area contributed by atoms with Gasteiger partial charge in [-0.25, -0.2) is 8.42 Å². The maximum Gasteiger partial charge on any atom is 0.306 e. The second kappa shape index (κ2) is 4.40. The van der Waals surface area contributed by atoms with Crippen LogP contribution in [-0.4, -0.2) is 19.5 Å². The summed E-state index contributed by atoms with van der Waals surface area (Å²) in [5.74, 6) is -1.75. The number of sulfone groups is 1. The van der Waals surface area contributed by atoms with Gasteiger partial charge in [-0.1, -0.05) is 24.6 Å². The van der Waals surface area contributed by atoms with Crippen molar-refractivity contribution >= 4 is 33.5 Å². The first-order valence-corrected chi connectivity index (χ1v) is 7.16. The van der Waals surface area contributed by atoms with Crippen molar-refractivity contribution in [3.05, 3.63) is 33.7 Å². The van der Waals surface area contributed by atoms with E-state index in [1.165, 1.54) is 19.1 Å². The van der Waals surface area contributed by atoms with E-state index in [0.717, 1.165) is 0 Å². The predicted octanol–water partition coefficient (Wildman–Crippen LogP) is 2.58. The summed E-state index contributed by atoms with van der Waals surface area (Å²) in [7, 11) is -3.58. The fourth-order valence-electron chi connectivity index (χ4n) is 1.81. The third-order valence-corrected chi connectivity index (χ3v) is 5.00. The zero-order chi connectivity index (χ0) is 13.5. The molecule has 1 atom stereocenters. The van der Waals surface area contributed by atoms with Crippen LogP contribution in [0.4, 0.5) is 0 Å². The van der Waals surface area contributed by atoms with Crippen LogP contribution in [0.25, 0.3) is 6.08 Å². The molecule has 1 aliphatic rings. The van der Waals surface area contributed by atoms with Gasteiger partial charge in [0.1, 0.15) is 0 Å². The first-order valence-electron chi connectivity index (χ1n) is 5.30. The standard InChI is InChI=1S/C12H11ClO4S/c1-7(12(14)15)4-10-5-8-2-3-9(13)6-11(8)18(10,16)17/h2-3,5-7H,4H2,1H3,(H,14,15). The maximum absolute atomic E-state index is 12.2. The van der Waals surface area contributed by atoms with E-state index in [2.05, 4.69) is 0 Å². The molecule has 6 heteroatoms. The lowest BCUT2D eigenvalue weighted by Crippen LogP contribution is -2.12. The Balaban J connectivity index is 2.41. The van der Waals surface area contributed by atoms with Crippen LogP contribution in [0.3, 0.4) is 0 Å². The molecule has 0 spiro atoms. The van der Waals surface area contributed by atoms with Crippen molar-refractivity contribution in [3.63, 3.8) is 0 Å². The molecule has 1 aromatic rings. The fourth-order valence-corrected chi connectivity index (χ4v) is 3.80. The predicted molar refractivity (Wildman–Crippen MR) is 68.0 cm³/mol. The summed E-state index contributed by atoms with van der Waals surface area (Å²) in [6.45, 7) is 1.48. The molecule has 96 valence electrons. The summed E-state index contributed by atoms with van der Waals surface area (Å²) >= 11 is 5.77. The summed E-state index contributed by atoms with van der Waals surface area (Å²) in [5, 5.41) is 9.18. The Morgan fingerprint density at radius 2 is 2.11 bits per heavy atom. The molecule has 2 rings (SSSR count). The highest BCUT2D eigenvalue weighted by Gasteiger charge is 2.31. The van der Waals surface area contributed by atoms with Crippen LogP contribution in [0.5, 0.6) is 0 Å². The van der Waals surface area contributed by atoms with Crippen LogP contribution in [0.15, 0.2) is 28.0 Å². The number of benzene rings is 1. The highest BCUT2D eigenvalue weighted by molar-refractivity contribution is 7.95. The van der Waals surface area contributed by atoms with Gasteiger partial charge in [0.05, 0.1) is 15.7 Å². The van der Waals surface area contributed by atoms with E-state index in [1.54, 1.807) is 12.1 Å². The minimum atomic E-state index is -3.58. The van der Waals surface area contributed by atoms with Crippen LogP contribution in [0.2, 0.25) is 5.02 Å². The van der Waals surface area contributed by atoms with Crippen molar-refractivity contribution in [2.24, 2.45) is 5.92 Å². The third kappa shape index (κ3) is 2.15. The normalized spacial score (nSPS) is 18.0. The summed E-state index contributed by atoms with van der Waals surface area (Å²) in [6, 6.07) is 4.62. The second-order valence-corrected chi connectivity index (χ2v) is 6.65. The first-order chi connectivity index (χ1) is 8.32. The van der Waals surface area contributed by atoms with Crippen LogP contribution in [0.1, 0.15) is 18.9 Å². The van der Waals surface area contributed by atoms with E-state index in [9.17, 15) is 13.2 Å². The minimum Gasteiger partial charge on any atom is -0.481 e. The smallest absolute Gasteiger partial charge is 0.306 e. The molecule has 18 heavy (non-hydrogen) atoms. The van der Waals surface area contributed by atoms with E-state index in [-0.39, 0.29) is 16.2 Å². The van der Waals surface area contributed by atoms with E-state index in [1.807, 2.05) is 0 Å². The monoisotopic (exact) mass is 286 g/mol. The molecular formula is C12H11ClO4S. The molecule has 0 fully saturated rings. The molecule has 1 aromatic carbocycles. The molecule has 0 amide bonds. The summed E-state index contributed by atoms with van der Waals surface area (Å²) in [4.78, 5) is 11.1. The molecule has 4 nitrogen and oxygen atoms in total. The molecule has 1 N–H and O–H groups in total. The van der Waals surface area contributed by atoms with Gasteiger partial charge >= 0.3 is 5.97 Å². The Hall–Kier alpha value is -1.33. The Bertz CT molecular complexity index is 646. The van der Waals surface area contributed by atoms with E-state index < -0.39 is 21.7 Å². The number of carboxylic acid groups (broad SMARTS) is 1. The molecule has 0 radical (unpaired) electrons. The lowest BCUT2D eigenvalue weighted by molar-refractivity contribution is -0.141. The number of halogens is 1. The average Bonchev–Trinajstić information content (AvgIpc) is 2.52. The summed E-state index contributed by atoms with van der Waals surface area (Å²) in [5.41, 5.74) is 0.562. The number of hydrogen-bond donors (Lipinski definition) is 1. The van der Waals surface area contributed by atoms with E-state index in [0.29, 0.717) is 10.6 Å². The van der Waals surface area contributed by atoms with Gasteiger partial charge in [0, 0.05) is 5.02 Å². The Kier molecular flexibility index (Phi) is 3.21. The Morgan fingerprint density at radius 3 is 2.72 bits per heavy atom. The number of allylic oxidation sites excluding steroid dienone is 1. The molecule has 1 heterocycles.